The molecule has 1 amide bonds. The Balaban J connectivity index is 1.55. The van der Waals surface area contributed by atoms with Crippen molar-refractivity contribution >= 4 is 40.4 Å². The molecule has 5 rings (SSSR count). The summed E-state index contributed by atoms with van der Waals surface area (Å²) >= 11 is 0. The number of rotatable bonds is 7. The van der Waals surface area contributed by atoms with Crippen LogP contribution >= 0.6 is 0 Å². The van der Waals surface area contributed by atoms with Crippen molar-refractivity contribution in [1.29, 1.82) is 0 Å². The van der Waals surface area contributed by atoms with Crippen LogP contribution in [0.3, 0.4) is 0 Å². The van der Waals surface area contributed by atoms with Crippen LogP contribution in [0.4, 0.5) is 11.4 Å². The molecule has 3 aliphatic rings. The van der Waals surface area contributed by atoms with E-state index in [4.69, 9.17) is 5.73 Å². The number of fused-ring (bicyclic) bond motifs is 3. The van der Waals surface area contributed by atoms with Gasteiger partial charge in [0.05, 0.1) is 11.3 Å². The second-order valence-corrected chi connectivity index (χ2v) is 10.9. The molecule has 2 aromatic rings. The number of phenolic OH excluding ortho intramolecular Hbond substituents is 1. The zero-order valence-corrected chi connectivity index (χ0v) is 22.6. The monoisotopic (exact) mass is 561 g/mol. The number of hydrogen-bond acceptors (Lipinski definition) is 10. The molecule has 1 saturated carbocycles. The van der Waals surface area contributed by atoms with E-state index in [9.17, 15) is 39.6 Å². The van der Waals surface area contributed by atoms with Crippen LogP contribution in [0.25, 0.3) is 5.76 Å². The molecule has 41 heavy (non-hydrogen) atoms. The molecule has 0 aromatic heterocycles. The Morgan fingerprint density at radius 1 is 1.10 bits per heavy atom. The standard InChI is InChI=1S/C30H31N3O8/c1-33(2)19-13-18(32-9-8-20(34)14-6-4-3-5-7-14)25(36)23-17(19)11-15-10-16-12-21(35)24(29(31)40)28(39)30(16,41)27(38)22(15)26(23)37/h3-7,13,15-16,32,36-37,39,41H,8-12H2,1-2H3,(H2,31,40). The van der Waals surface area contributed by atoms with Crippen LogP contribution in [0.15, 0.2) is 53.3 Å². The molecule has 1 fully saturated rings. The van der Waals surface area contributed by atoms with Gasteiger partial charge in [-0.1, -0.05) is 30.3 Å². The van der Waals surface area contributed by atoms with Crippen molar-refractivity contribution < 1.29 is 39.6 Å². The van der Waals surface area contributed by atoms with Crippen molar-refractivity contribution in [3.05, 3.63) is 70.0 Å². The van der Waals surface area contributed by atoms with Gasteiger partial charge in [0.25, 0.3) is 5.91 Å². The molecule has 0 radical (unpaired) electrons. The van der Waals surface area contributed by atoms with Crippen LogP contribution in [0.1, 0.15) is 40.7 Å². The highest BCUT2D eigenvalue weighted by atomic mass is 16.3. The Morgan fingerprint density at radius 2 is 1.78 bits per heavy atom. The van der Waals surface area contributed by atoms with Crippen molar-refractivity contribution in [2.24, 2.45) is 17.6 Å². The van der Waals surface area contributed by atoms with Gasteiger partial charge in [-0.3, -0.25) is 19.2 Å². The number of nitrogens with one attached hydrogen (secondary N) is 1. The number of primary amides is 1. The minimum absolute atomic E-state index is 0.0137. The lowest BCUT2D eigenvalue weighted by Gasteiger charge is -2.46. The number of Topliss-reactive ketones (excluding diaryl/α,β-unsaturated/α-hetero) is 3. The second-order valence-electron chi connectivity index (χ2n) is 10.9. The topological polar surface area (TPSA) is 190 Å². The molecule has 2 aromatic carbocycles. The molecular formula is C30H31N3O8. The first kappa shape index (κ1) is 27.9. The van der Waals surface area contributed by atoms with E-state index in [1.165, 1.54) is 0 Å². The average molecular weight is 562 g/mol. The molecule has 214 valence electrons. The van der Waals surface area contributed by atoms with E-state index in [2.05, 4.69) is 5.32 Å². The highest BCUT2D eigenvalue weighted by Gasteiger charge is 2.60. The summed E-state index contributed by atoms with van der Waals surface area (Å²) < 4.78 is 0. The van der Waals surface area contributed by atoms with Gasteiger partial charge in [-0.2, -0.15) is 0 Å². The molecule has 0 saturated heterocycles. The third-order valence-electron chi connectivity index (χ3n) is 8.29. The lowest BCUT2D eigenvalue weighted by Crippen LogP contribution is -2.58. The number of aliphatic hydroxyl groups excluding tert-OH is 2. The molecular weight excluding hydrogens is 530 g/mol. The summed E-state index contributed by atoms with van der Waals surface area (Å²) in [6.07, 6.45) is 0.00508. The number of ketones is 3. The van der Waals surface area contributed by atoms with Crippen LogP contribution in [-0.4, -0.2) is 69.9 Å². The minimum Gasteiger partial charge on any atom is -0.508 e. The quantitative estimate of drug-likeness (QED) is 0.166. The Hall–Kier alpha value is -4.64. The van der Waals surface area contributed by atoms with Crippen LogP contribution in [0.2, 0.25) is 0 Å². The van der Waals surface area contributed by atoms with Gasteiger partial charge >= 0.3 is 0 Å². The zero-order valence-electron chi connectivity index (χ0n) is 22.6. The number of hydrogen-bond donors (Lipinski definition) is 6. The van der Waals surface area contributed by atoms with E-state index < -0.39 is 52.0 Å². The normalized spacial score (nSPS) is 23.5. The zero-order chi connectivity index (χ0) is 29.8. The fraction of sp³-hybridized carbons (Fsp3) is 0.333. The van der Waals surface area contributed by atoms with Crippen molar-refractivity contribution in [1.82, 2.24) is 0 Å². The maximum atomic E-state index is 13.7. The lowest BCUT2D eigenvalue weighted by molar-refractivity contribution is -0.147. The van der Waals surface area contributed by atoms with Crippen molar-refractivity contribution in [3.8, 4) is 5.75 Å². The Labute approximate surface area is 235 Å². The Kier molecular flexibility index (Phi) is 6.86. The maximum Gasteiger partial charge on any atom is 0.255 e. The summed E-state index contributed by atoms with van der Waals surface area (Å²) in [6, 6.07) is 10.5. The third kappa shape index (κ3) is 4.33. The lowest BCUT2D eigenvalue weighted by atomic mass is 9.59. The highest BCUT2D eigenvalue weighted by molar-refractivity contribution is 6.22. The molecule has 3 unspecified atom stereocenters. The summed E-state index contributed by atoms with van der Waals surface area (Å²) in [5.74, 6) is -6.87. The van der Waals surface area contributed by atoms with E-state index in [-0.39, 0.29) is 60.6 Å². The number of carbonyl (C=O) groups excluding carboxylic acids is 4. The van der Waals surface area contributed by atoms with Crippen molar-refractivity contribution in [2.75, 3.05) is 30.9 Å². The first-order valence-corrected chi connectivity index (χ1v) is 13.2. The van der Waals surface area contributed by atoms with Gasteiger partial charge in [-0.15, -0.1) is 0 Å². The van der Waals surface area contributed by atoms with Gasteiger partial charge in [0.2, 0.25) is 5.78 Å². The van der Waals surface area contributed by atoms with E-state index in [1.807, 2.05) is 6.07 Å². The number of amides is 1. The molecule has 0 bridgehead atoms. The molecule has 0 heterocycles. The Bertz CT molecular complexity index is 1560. The molecule has 11 heteroatoms. The van der Waals surface area contributed by atoms with Crippen molar-refractivity contribution in [3.63, 3.8) is 0 Å². The van der Waals surface area contributed by atoms with Crippen LogP contribution in [0.5, 0.6) is 5.75 Å². The SMILES string of the molecule is CN(C)c1cc(NCCC(=O)c2ccccc2)c(O)c2c1CC1CC3CC(=O)C(C(N)=O)=C(O)C3(O)C(=O)C1=C2O. The number of aliphatic hydroxyl groups is 3. The van der Waals surface area contributed by atoms with Crippen LogP contribution < -0.4 is 16.0 Å². The predicted octanol–water partition coefficient (Wildman–Crippen LogP) is 2.17. The van der Waals surface area contributed by atoms with E-state index >= 15 is 0 Å². The number of phenols is 1. The first-order chi connectivity index (χ1) is 19.4. The number of nitrogens with two attached hydrogens (primary N) is 1. The second kappa shape index (κ2) is 10.1. The van der Waals surface area contributed by atoms with E-state index in [0.717, 1.165) is 0 Å². The number of carbonyl (C=O) groups is 4. The van der Waals surface area contributed by atoms with Crippen LogP contribution in [-0.2, 0) is 20.8 Å². The summed E-state index contributed by atoms with van der Waals surface area (Å²) in [5.41, 5.74) is 3.55. The van der Waals surface area contributed by atoms with Gasteiger partial charge < -0.3 is 36.4 Å². The van der Waals surface area contributed by atoms with Gasteiger partial charge in [-0.05, 0) is 30.4 Å². The smallest absolute Gasteiger partial charge is 0.255 e. The highest BCUT2D eigenvalue weighted by Crippen LogP contribution is 2.54. The number of aromatic hydroxyl groups is 1. The number of nitrogens with zero attached hydrogens (tertiary/aromatic N) is 1. The fourth-order valence-electron chi connectivity index (χ4n) is 6.28. The summed E-state index contributed by atoms with van der Waals surface area (Å²) in [7, 11) is 3.56. The number of anilines is 2. The van der Waals surface area contributed by atoms with Crippen LogP contribution in [0, 0.1) is 11.8 Å². The average Bonchev–Trinajstić information content (AvgIpc) is 2.91. The van der Waals surface area contributed by atoms with Gasteiger partial charge in [0, 0.05) is 56.2 Å². The third-order valence-corrected chi connectivity index (χ3v) is 8.29. The number of benzene rings is 2. The summed E-state index contributed by atoms with van der Waals surface area (Å²) in [4.78, 5) is 52.4. The molecule has 3 aliphatic carbocycles. The maximum absolute atomic E-state index is 13.7. The fourth-order valence-corrected chi connectivity index (χ4v) is 6.28. The van der Waals surface area contributed by atoms with E-state index in [1.54, 1.807) is 49.3 Å². The largest absolute Gasteiger partial charge is 0.508 e. The summed E-state index contributed by atoms with van der Waals surface area (Å²) in [5, 5.41) is 47.9. The summed E-state index contributed by atoms with van der Waals surface area (Å²) in [6.45, 7) is 0.176. The van der Waals surface area contributed by atoms with Gasteiger partial charge in [0.1, 0.15) is 22.8 Å². The van der Waals surface area contributed by atoms with Gasteiger partial charge in [0.15, 0.2) is 17.2 Å². The molecule has 0 spiro atoms. The molecule has 7 N–H and O–H groups in total. The Morgan fingerprint density at radius 3 is 2.41 bits per heavy atom. The molecule has 0 aliphatic heterocycles. The minimum atomic E-state index is -2.62. The van der Waals surface area contributed by atoms with Gasteiger partial charge in [-0.25, -0.2) is 0 Å². The van der Waals surface area contributed by atoms with Crippen molar-refractivity contribution in [2.45, 2.75) is 31.3 Å². The van der Waals surface area contributed by atoms with E-state index in [0.29, 0.717) is 16.8 Å². The predicted molar refractivity (Wildman–Crippen MR) is 150 cm³/mol. The molecule has 3 atom stereocenters. The first-order valence-electron chi connectivity index (χ1n) is 13.2. The molecule has 11 nitrogen and oxygen atoms in total.